The summed E-state index contributed by atoms with van der Waals surface area (Å²) in [4.78, 5) is 12.2. The van der Waals surface area contributed by atoms with Gasteiger partial charge in [0, 0.05) is 10.6 Å². The predicted molar refractivity (Wildman–Crippen MR) is 70.8 cm³/mol. The minimum Gasteiger partial charge on any atom is -0.288 e. The molecule has 0 unspecified atom stereocenters. The lowest BCUT2D eigenvalue weighted by Crippen LogP contribution is -2.05. The minimum absolute atomic E-state index is 0.0802. The zero-order valence-electron chi connectivity index (χ0n) is 10.1. The standard InChI is InChI=1S/C15H12ClFO/c1-9-3-4-14(17)13(7-9)15(18)11-5-10(2)6-12(16)8-11/h3-8H,1-2H3. The van der Waals surface area contributed by atoms with Crippen LogP contribution in [0.4, 0.5) is 4.39 Å². The predicted octanol–water partition coefficient (Wildman–Crippen LogP) is 4.33. The maximum absolute atomic E-state index is 13.7. The number of rotatable bonds is 2. The molecule has 0 aromatic heterocycles. The molecule has 2 rings (SSSR count). The molecule has 3 heteroatoms. The summed E-state index contributed by atoms with van der Waals surface area (Å²) < 4.78 is 13.7. The highest BCUT2D eigenvalue weighted by molar-refractivity contribution is 6.31. The van der Waals surface area contributed by atoms with Crippen molar-refractivity contribution in [2.24, 2.45) is 0 Å². The fraction of sp³-hybridized carbons (Fsp3) is 0.133. The van der Waals surface area contributed by atoms with E-state index >= 15 is 0 Å². The van der Waals surface area contributed by atoms with Gasteiger partial charge in [-0.15, -0.1) is 0 Å². The van der Waals surface area contributed by atoms with E-state index in [0.29, 0.717) is 10.6 Å². The maximum atomic E-state index is 13.7. The molecular formula is C15H12ClFO. The number of benzene rings is 2. The van der Waals surface area contributed by atoms with Gasteiger partial charge >= 0.3 is 0 Å². The second kappa shape index (κ2) is 4.91. The van der Waals surface area contributed by atoms with Crippen LogP contribution in [0.1, 0.15) is 27.0 Å². The van der Waals surface area contributed by atoms with Gasteiger partial charge in [0.15, 0.2) is 5.78 Å². The molecule has 0 aliphatic carbocycles. The Morgan fingerprint density at radius 3 is 2.44 bits per heavy atom. The summed E-state index contributed by atoms with van der Waals surface area (Å²) in [6.07, 6.45) is 0. The lowest BCUT2D eigenvalue weighted by molar-refractivity contribution is 0.103. The van der Waals surface area contributed by atoms with Crippen LogP contribution in [0.25, 0.3) is 0 Å². The van der Waals surface area contributed by atoms with Crippen molar-refractivity contribution in [1.82, 2.24) is 0 Å². The SMILES string of the molecule is Cc1cc(Cl)cc(C(=O)c2cc(C)ccc2F)c1. The molecule has 0 aliphatic heterocycles. The Labute approximate surface area is 110 Å². The summed E-state index contributed by atoms with van der Waals surface area (Å²) in [7, 11) is 0. The van der Waals surface area contributed by atoms with Gasteiger partial charge in [-0.25, -0.2) is 4.39 Å². The maximum Gasteiger partial charge on any atom is 0.196 e. The van der Waals surface area contributed by atoms with Crippen molar-refractivity contribution in [3.05, 3.63) is 69.5 Å². The summed E-state index contributed by atoms with van der Waals surface area (Å²) in [5.41, 5.74) is 2.21. The summed E-state index contributed by atoms with van der Waals surface area (Å²) in [5.74, 6) is -0.856. The lowest BCUT2D eigenvalue weighted by Gasteiger charge is -2.06. The monoisotopic (exact) mass is 262 g/mol. The Balaban J connectivity index is 2.51. The normalized spacial score (nSPS) is 10.4. The van der Waals surface area contributed by atoms with Crippen LogP contribution in [0.15, 0.2) is 36.4 Å². The molecule has 0 fully saturated rings. The first-order valence-corrected chi connectivity index (χ1v) is 5.93. The van der Waals surface area contributed by atoms with E-state index in [1.165, 1.54) is 6.07 Å². The molecule has 0 spiro atoms. The Bertz CT molecular complexity index is 600. The molecule has 0 saturated heterocycles. The molecule has 92 valence electrons. The van der Waals surface area contributed by atoms with E-state index in [4.69, 9.17) is 11.6 Å². The third-order valence-electron chi connectivity index (χ3n) is 2.67. The van der Waals surface area contributed by atoms with Crippen LogP contribution >= 0.6 is 11.6 Å². The van der Waals surface area contributed by atoms with Crippen LogP contribution in [-0.4, -0.2) is 5.78 Å². The highest BCUT2D eigenvalue weighted by Gasteiger charge is 2.14. The second-order valence-corrected chi connectivity index (χ2v) is 4.77. The van der Waals surface area contributed by atoms with Gasteiger partial charge < -0.3 is 0 Å². The molecule has 2 aromatic rings. The van der Waals surface area contributed by atoms with Crippen LogP contribution in [0, 0.1) is 19.7 Å². The number of aryl methyl sites for hydroxylation is 2. The van der Waals surface area contributed by atoms with Crippen molar-refractivity contribution in [2.45, 2.75) is 13.8 Å². The fourth-order valence-corrected chi connectivity index (χ4v) is 2.13. The Morgan fingerprint density at radius 2 is 1.78 bits per heavy atom. The molecule has 0 heterocycles. The Morgan fingerprint density at radius 1 is 1.06 bits per heavy atom. The molecule has 0 atom stereocenters. The summed E-state index contributed by atoms with van der Waals surface area (Å²) in [6, 6.07) is 9.50. The van der Waals surface area contributed by atoms with Crippen molar-refractivity contribution in [3.63, 3.8) is 0 Å². The van der Waals surface area contributed by atoms with Gasteiger partial charge in [-0.3, -0.25) is 4.79 Å². The average Bonchev–Trinajstić information content (AvgIpc) is 2.30. The topological polar surface area (TPSA) is 17.1 Å². The highest BCUT2D eigenvalue weighted by Crippen LogP contribution is 2.20. The quantitative estimate of drug-likeness (QED) is 0.737. The van der Waals surface area contributed by atoms with E-state index < -0.39 is 5.82 Å². The number of hydrogen-bond donors (Lipinski definition) is 0. The highest BCUT2D eigenvalue weighted by atomic mass is 35.5. The van der Waals surface area contributed by atoms with E-state index in [0.717, 1.165) is 11.1 Å². The van der Waals surface area contributed by atoms with Crippen molar-refractivity contribution >= 4 is 17.4 Å². The van der Waals surface area contributed by atoms with Crippen LogP contribution in [0.5, 0.6) is 0 Å². The molecule has 0 saturated carbocycles. The molecular weight excluding hydrogens is 251 g/mol. The zero-order valence-corrected chi connectivity index (χ0v) is 10.9. The minimum atomic E-state index is -0.511. The third-order valence-corrected chi connectivity index (χ3v) is 2.89. The largest absolute Gasteiger partial charge is 0.288 e. The van der Waals surface area contributed by atoms with Crippen LogP contribution < -0.4 is 0 Å². The summed E-state index contributed by atoms with van der Waals surface area (Å²) >= 11 is 5.91. The van der Waals surface area contributed by atoms with E-state index in [9.17, 15) is 9.18 Å². The van der Waals surface area contributed by atoms with Crippen molar-refractivity contribution in [1.29, 1.82) is 0 Å². The first kappa shape index (κ1) is 12.8. The van der Waals surface area contributed by atoms with E-state index in [1.807, 2.05) is 13.8 Å². The summed E-state index contributed by atoms with van der Waals surface area (Å²) in [5, 5.41) is 0.478. The number of ketones is 1. The van der Waals surface area contributed by atoms with E-state index in [2.05, 4.69) is 0 Å². The van der Waals surface area contributed by atoms with Crippen molar-refractivity contribution < 1.29 is 9.18 Å². The number of carbonyl (C=O) groups is 1. The second-order valence-electron chi connectivity index (χ2n) is 4.33. The van der Waals surface area contributed by atoms with Crippen molar-refractivity contribution in [2.75, 3.05) is 0 Å². The number of halogens is 2. The first-order chi connectivity index (χ1) is 8.47. The molecule has 0 bridgehead atoms. The van der Waals surface area contributed by atoms with Gasteiger partial charge in [0.1, 0.15) is 5.82 Å². The summed E-state index contributed by atoms with van der Waals surface area (Å²) in [6.45, 7) is 3.66. The molecule has 18 heavy (non-hydrogen) atoms. The van der Waals surface area contributed by atoms with E-state index in [-0.39, 0.29) is 11.3 Å². The smallest absolute Gasteiger partial charge is 0.196 e. The number of carbonyl (C=O) groups excluding carboxylic acids is 1. The third kappa shape index (κ3) is 2.59. The lowest BCUT2D eigenvalue weighted by atomic mass is 10.00. The van der Waals surface area contributed by atoms with Crippen LogP contribution in [0.2, 0.25) is 5.02 Å². The zero-order chi connectivity index (χ0) is 13.3. The Hall–Kier alpha value is -1.67. The molecule has 0 aliphatic rings. The molecule has 0 radical (unpaired) electrons. The van der Waals surface area contributed by atoms with Gasteiger partial charge in [-0.1, -0.05) is 23.2 Å². The average molecular weight is 263 g/mol. The molecule has 0 N–H and O–H groups in total. The van der Waals surface area contributed by atoms with Gasteiger partial charge in [0.2, 0.25) is 0 Å². The van der Waals surface area contributed by atoms with E-state index in [1.54, 1.807) is 30.3 Å². The van der Waals surface area contributed by atoms with Crippen molar-refractivity contribution in [3.8, 4) is 0 Å². The van der Waals surface area contributed by atoms with Gasteiger partial charge in [-0.2, -0.15) is 0 Å². The molecule has 2 aromatic carbocycles. The van der Waals surface area contributed by atoms with Crippen LogP contribution in [-0.2, 0) is 0 Å². The molecule has 0 amide bonds. The fourth-order valence-electron chi connectivity index (χ4n) is 1.84. The van der Waals surface area contributed by atoms with Gasteiger partial charge in [-0.05, 0) is 49.7 Å². The van der Waals surface area contributed by atoms with Crippen LogP contribution in [0.3, 0.4) is 0 Å². The first-order valence-electron chi connectivity index (χ1n) is 5.55. The molecule has 1 nitrogen and oxygen atoms in total. The van der Waals surface area contributed by atoms with Gasteiger partial charge in [0.05, 0.1) is 5.56 Å². The van der Waals surface area contributed by atoms with Gasteiger partial charge in [0.25, 0.3) is 0 Å². The Kier molecular flexibility index (Phi) is 3.48. The number of hydrogen-bond acceptors (Lipinski definition) is 1.